The number of carbonyl (C=O) groups is 6. The summed E-state index contributed by atoms with van der Waals surface area (Å²) in [6, 6.07) is 14.7. The number of nitrogens with zero attached hydrogens (tertiary/aromatic N) is 3. The highest BCUT2D eigenvalue weighted by Crippen LogP contribution is 2.13. The van der Waals surface area contributed by atoms with Crippen LogP contribution in [0, 0.1) is 5.92 Å². The summed E-state index contributed by atoms with van der Waals surface area (Å²) in [7, 11) is 3.01. The van der Waals surface area contributed by atoms with E-state index in [1.54, 1.807) is 4.90 Å². The van der Waals surface area contributed by atoms with Gasteiger partial charge in [0.1, 0.15) is 18.1 Å². The second-order valence-corrected chi connectivity index (χ2v) is 13.9. The first-order chi connectivity index (χ1) is 24.8. The molecule has 14 heteroatoms. The molecule has 284 valence electrons. The smallest absolute Gasteiger partial charge is 0.312 e. The number of likely N-dealkylation sites (N-methyl/N-ethyl adjacent to an activating group) is 1. The van der Waals surface area contributed by atoms with Gasteiger partial charge in [-0.1, -0.05) is 74.5 Å². The molecule has 0 spiro atoms. The summed E-state index contributed by atoms with van der Waals surface area (Å²) in [6.45, 7) is 5.04. The number of benzene rings is 2. The van der Waals surface area contributed by atoms with E-state index in [1.807, 2.05) is 74.5 Å². The van der Waals surface area contributed by atoms with Crippen molar-refractivity contribution in [3.8, 4) is 0 Å². The van der Waals surface area contributed by atoms with Crippen molar-refractivity contribution < 1.29 is 28.8 Å². The minimum absolute atomic E-state index is 0.000564. The molecule has 3 rings (SSSR count). The van der Waals surface area contributed by atoms with Gasteiger partial charge in [0.2, 0.25) is 23.6 Å². The number of hydrogen-bond donors (Lipinski definition) is 5. The third-order valence-electron chi connectivity index (χ3n) is 8.92. The van der Waals surface area contributed by atoms with Crippen molar-refractivity contribution in [2.75, 3.05) is 46.8 Å². The molecular formula is C38H56N8O6. The Morgan fingerprint density at radius 2 is 1.19 bits per heavy atom. The van der Waals surface area contributed by atoms with Gasteiger partial charge in [0.05, 0.1) is 6.04 Å². The van der Waals surface area contributed by atoms with Gasteiger partial charge in [-0.15, -0.1) is 0 Å². The molecule has 0 aromatic heterocycles. The first-order valence-corrected chi connectivity index (χ1v) is 18.0. The lowest BCUT2D eigenvalue weighted by molar-refractivity contribution is -0.152. The molecule has 1 aliphatic heterocycles. The van der Waals surface area contributed by atoms with Crippen molar-refractivity contribution in [1.82, 2.24) is 30.7 Å². The third kappa shape index (κ3) is 13.1. The Hall–Kier alpha value is -4.82. The van der Waals surface area contributed by atoms with Crippen LogP contribution in [0.15, 0.2) is 60.7 Å². The number of unbranched alkanes of at least 4 members (excludes halogenated alkanes) is 1. The Labute approximate surface area is 307 Å². The first-order valence-electron chi connectivity index (χ1n) is 18.0. The van der Waals surface area contributed by atoms with E-state index in [0.717, 1.165) is 11.1 Å². The van der Waals surface area contributed by atoms with Gasteiger partial charge in [-0.25, -0.2) is 0 Å². The largest absolute Gasteiger partial charge is 0.343 e. The highest BCUT2D eigenvalue weighted by Gasteiger charge is 2.34. The zero-order chi connectivity index (χ0) is 38.2. The molecule has 14 nitrogen and oxygen atoms in total. The maximum atomic E-state index is 13.9. The van der Waals surface area contributed by atoms with Crippen LogP contribution in [0.2, 0.25) is 0 Å². The number of nitrogens with two attached hydrogens (primary N) is 2. The Morgan fingerprint density at radius 3 is 1.73 bits per heavy atom. The fourth-order valence-corrected chi connectivity index (χ4v) is 5.97. The molecule has 1 heterocycles. The molecule has 52 heavy (non-hydrogen) atoms. The maximum Gasteiger partial charge on any atom is 0.312 e. The molecule has 1 fully saturated rings. The fraction of sp³-hybridized carbons (Fsp3) is 0.526. The molecule has 1 saturated heterocycles. The molecule has 4 atom stereocenters. The molecule has 0 aliphatic carbocycles. The monoisotopic (exact) mass is 720 g/mol. The molecule has 0 saturated carbocycles. The Kier molecular flexibility index (Phi) is 16.7. The summed E-state index contributed by atoms with van der Waals surface area (Å²) in [6.07, 6.45) is 2.29. The number of rotatable bonds is 17. The quantitative estimate of drug-likeness (QED) is 0.113. The van der Waals surface area contributed by atoms with Crippen LogP contribution in [0.4, 0.5) is 0 Å². The molecule has 2 aromatic carbocycles. The lowest BCUT2D eigenvalue weighted by atomic mass is 9.99. The van der Waals surface area contributed by atoms with Crippen molar-refractivity contribution in [3.63, 3.8) is 0 Å². The van der Waals surface area contributed by atoms with Crippen LogP contribution < -0.4 is 27.4 Å². The van der Waals surface area contributed by atoms with E-state index >= 15 is 0 Å². The van der Waals surface area contributed by atoms with Gasteiger partial charge < -0.3 is 42.1 Å². The van der Waals surface area contributed by atoms with E-state index in [4.69, 9.17) is 11.5 Å². The van der Waals surface area contributed by atoms with Crippen LogP contribution in [0.25, 0.3) is 0 Å². The SMILES string of the molecule is CC(C)C[C@@H](NC(=O)[C@@H](Cc1ccccc1)NC(=O)[C@H](N)Cc1ccccc1)C(=O)N[C@H](CCCCN)C(=O)N1CCN(C(=O)C(=O)N(C)C)CC1. The van der Waals surface area contributed by atoms with Gasteiger partial charge >= 0.3 is 11.8 Å². The number of nitrogens with one attached hydrogen (secondary N) is 3. The third-order valence-corrected chi connectivity index (χ3v) is 8.92. The van der Waals surface area contributed by atoms with Crippen LogP contribution in [0.1, 0.15) is 50.7 Å². The van der Waals surface area contributed by atoms with Crippen LogP contribution in [0.3, 0.4) is 0 Å². The van der Waals surface area contributed by atoms with Crippen molar-refractivity contribution >= 4 is 35.4 Å². The fourth-order valence-electron chi connectivity index (χ4n) is 5.97. The maximum absolute atomic E-state index is 13.9. The van der Waals surface area contributed by atoms with Gasteiger partial charge in [-0.3, -0.25) is 28.8 Å². The van der Waals surface area contributed by atoms with Crippen molar-refractivity contribution in [1.29, 1.82) is 0 Å². The van der Waals surface area contributed by atoms with E-state index in [-0.39, 0.29) is 57.3 Å². The summed E-state index contributed by atoms with van der Waals surface area (Å²) in [4.78, 5) is 83.8. The second-order valence-electron chi connectivity index (χ2n) is 13.9. The van der Waals surface area contributed by atoms with Crippen LogP contribution in [-0.4, -0.2) is 121 Å². The lowest BCUT2D eigenvalue weighted by Crippen LogP contribution is -2.60. The number of piperazine rings is 1. The van der Waals surface area contributed by atoms with Gasteiger partial charge in [-0.2, -0.15) is 0 Å². The predicted octanol–water partition coefficient (Wildman–Crippen LogP) is 0.188. The van der Waals surface area contributed by atoms with Gasteiger partial charge in [0.25, 0.3) is 0 Å². The summed E-state index contributed by atoms with van der Waals surface area (Å²) in [5.74, 6) is -3.15. The van der Waals surface area contributed by atoms with E-state index in [0.29, 0.717) is 25.8 Å². The summed E-state index contributed by atoms with van der Waals surface area (Å²) >= 11 is 0. The molecule has 0 bridgehead atoms. The molecule has 1 aliphatic rings. The summed E-state index contributed by atoms with van der Waals surface area (Å²) in [5.41, 5.74) is 13.7. The highest BCUT2D eigenvalue weighted by molar-refractivity contribution is 6.34. The van der Waals surface area contributed by atoms with Crippen molar-refractivity contribution in [2.24, 2.45) is 17.4 Å². The second kappa shape index (κ2) is 20.9. The van der Waals surface area contributed by atoms with Crippen LogP contribution in [0.5, 0.6) is 0 Å². The van der Waals surface area contributed by atoms with Gasteiger partial charge in [0, 0.05) is 46.7 Å². The minimum Gasteiger partial charge on any atom is -0.343 e. The number of carbonyl (C=O) groups excluding carboxylic acids is 6. The normalized spacial score (nSPS) is 15.2. The van der Waals surface area contributed by atoms with E-state index in [2.05, 4.69) is 16.0 Å². The zero-order valence-corrected chi connectivity index (χ0v) is 30.9. The van der Waals surface area contributed by atoms with Crippen molar-refractivity contribution in [2.45, 2.75) is 76.5 Å². The zero-order valence-electron chi connectivity index (χ0n) is 30.9. The minimum atomic E-state index is -1.03. The Morgan fingerprint density at radius 1 is 0.692 bits per heavy atom. The standard InChI is InChI=1S/C38H56N8O6/c1-26(2)23-31(34(48)41-30(17-11-12-18-39)36(50)45-19-21-46(22-20-45)38(52)37(51)44(3)4)43-35(49)32(25-28-15-9-6-10-16-28)42-33(47)29(40)24-27-13-7-5-8-14-27/h5-10,13-16,26,29-32H,11-12,17-25,39-40H2,1-4H3,(H,41,48)(H,42,47)(H,43,49)/t29-,30-,31-,32-/m1/s1. The molecule has 6 amide bonds. The Balaban J connectivity index is 1.75. The average molecular weight is 721 g/mol. The molecular weight excluding hydrogens is 664 g/mol. The molecule has 0 unspecified atom stereocenters. The van der Waals surface area contributed by atoms with Crippen molar-refractivity contribution in [3.05, 3.63) is 71.8 Å². The van der Waals surface area contributed by atoms with E-state index in [1.165, 1.54) is 23.9 Å². The van der Waals surface area contributed by atoms with Gasteiger partial charge in [0.15, 0.2) is 0 Å². The number of amides is 6. The Bertz CT molecular complexity index is 1480. The van der Waals surface area contributed by atoms with Crippen LogP contribution in [-0.2, 0) is 41.6 Å². The molecule has 2 aromatic rings. The van der Waals surface area contributed by atoms with E-state index in [9.17, 15) is 28.8 Å². The predicted molar refractivity (Wildman–Crippen MR) is 198 cm³/mol. The van der Waals surface area contributed by atoms with Gasteiger partial charge in [-0.05, 0) is 55.7 Å². The number of hydrogen-bond acceptors (Lipinski definition) is 8. The van der Waals surface area contributed by atoms with E-state index < -0.39 is 53.7 Å². The summed E-state index contributed by atoms with van der Waals surface area (Å²) in [5, 5.41) is 8.56. The highest BCUT2D eigenvalue weighted by atomic mass is 16.2. The lowest BCUT2D eigenvalue weighted by Gasteiger charge is -2.37. The van der Waals surface area contributed by atoms with Crippen LogP contribution >= 0.6 is 0 Å². The average Bonchev–Trinajstić information content (AvgIpc) is 3.13. The molecule has 0 radical (unpaired) electrons. The topological polar surface area (TPSA) is 200 Å². The first kappa shape index (κ1) is 41.6. The molecule has 7 N–H and O–H groups in total. The summed E-state index contributed by atoms with van der Waals surface area (Å²) < 4.78 is 0.